The standard InChI is InChI=1S/C17H23N3OS/c1-2-22-15-6-4-3-5-14(15)20-16(17(19)21)13-9-7-12(11-18)8-10-13/h7-10,14-16,20H,2-6H2,1H3,(H2,19,21)/t14-,15+,16+/m0/s1. The maximum atomic E-state index is 11.9. The third-order valence-corrected chi connectivity index (χ3v) is 5.45. The third kappa shape index (κ3) is 4.25. The fraction of sp³-hybridized carbons (Fsp3) is 0.529. The van der Waals surface area contributed by atoms with Crippen molar-refractivity contribution in [3.63, 3.8) is 0 Å². The van der Waals surface area contributed by atoms with Crippen LogP contribution >= 0.6 is 11.8 Å². The summed E-state index contributed by atoms with van der Waals surface area (Å²) in [6, 6.07) is 8.99. The van der Waals surface area contributed by atoms with E-state index in [1.807, 2.05) is 23.9 Å². The fourth-order valence-electron chi connectivity index (χ4n) is 3.01. The van der Waals surface area contributed by atoms with Crippen molar-refractivity contribution in [2.24, 2.45) is 5.73 Å². The number of primary amides is 1. The van der Waals surface area contributed by atoms with Gasteiger partial charge in [-0.3, -0.25) is 10.1 Å². The molecule has 0 aliphatic heterocycles. The van der Waals surface area contributed by atoms with E-state index in [1.54, 1.807) is 12.1 Å². The van der Waals surface area contributed by atoms with Crippen LogP contribution < -0.4 is 11.1 Å². The maximum Gasteiger partial charge on any atom is 0.239 e. The van der Waals surface area contributed by atoms with Gasteiger partial charge in [-0.15, -0.1) is 0 Å². The molecule has 1 aliphatic rings. The number of amides is 1. The number of nitrogens with zero attached hydrogens (tertiary/aromatic N) is 1. The van der Waals surface area contributed by atoms with E-state index >= 15 is 0 Å². The SMILES string of the molecule is CCS[C@@H]1CCCC[C@@H]1N[C@@H](C(N)=O)c1ccc(C#N)cc1. The zero-order valence-electron chi connectivity index (χ0n) is 12.9. The summed E-state index contributed by atoms with van der Waals surface area (Å²) >= 11 is 1.96. The maximum absolute atomic E-state index is 11.9. The van der Waals surface area contributed by atoms with Crippen LogP contribution in [0.4, 0.5) is 0 Å². The molecule has 0 saturated heterocycles. The van der Waals surface area contributed by atoms with Gasteiger partial charge in [-0.1, -0.05) is 31.9 Å². The molecule has 118 valence electrons. The summed E-state index contributed by atoms with van der Waals surface area (Å²) in [5.74, 6) is 0.719. The van der Waals surface area contributed by atoms with Gasteiger partial charge in [-0.2, -0.15) is 17.0 Å². The summed E-state index contributed by atoms with van der Waals surface area (Å²) in [4.78, 5) is 11.9. The van der Waals surface area contributed by atoms with Crippen LogP contribution in [0, 0.1) is 11.3 Å². The van der Waals surface area contributed by atoms with Crippen LogP contribution in [-0.4, -0.2) is 23.0 Å². The van der Waals surface area contributed by atoms with E-state index in [1.165, 1.54) is 19.3 Å². The Morgan fingerprint density at radius 1 is 1.41 bits per heavy atom. The third-order valence-electron chi connectivity index (χ3n) is 4.12. The molecule has 3 atom stereocenters. The Bertz CT molecular complexity index is 536. The highest BCUT2D eigenvalue weighted by molar-refractivity contribution is 7.99. The second-order valence-corrected chi connectivity index (χ2v) is 7.14. The van der Waals surface area contributed by atoms with Crippen molar-refractivity contribution >= 4 is 17.7 Å². The molecule has 1 aromatic carbocycles. The average Bonchev–Trinajstić information content (AvgIpc) is 2.54. The van der Waals surface area contributed by atoms with E-state index in [4.69, 9.17) is 11.0 Å². The predicted octanol–water partition coefficient (Wildman–Crippen LogP) is 2.74. The molecule has 1 saturated carbocycles. The molecule has 0 aromatic heterocycles. The number of hydrogen-bond acceptors (Lipinski definition) is 4. The summed E-state index contributed by atoms with van der Waals surface area (Å²) < 4.78 is 0. The summed E-state index contributed by atoms with van der Waals surface area (Å²) in [6.07, 6.45) is 4.72. The van der Waals surface area contributed by atoms with Crippen molar-refractivity contribution in [1.29, 1.82) is 5.26 Å². The number of hydrogen-bond donors (Lipinski definition) is 2. The quantitative estimate of drug-likeness (QED) is 0.845. The highest BCUT2D eigenvalue weighted by Crippen LogP contribution is 2.30. The molecule has 3 N–H and O–H groups in total. The lowest BCUT2D eigenvalue weighted by molar-refractivity contribution is -0.120. The van der Waals surface area contributed by atoms with Gasteiger partial charge in [0.15, 0.2) is 0 Å². The van der Waals surface area contributed by atoms with Crippen molar-refractivity contribution < 1.29 is 4.79 Å². The molecule has 1 fully saturated rings. The fourth-order valence-corrected chi connectivity index (χ4v) is 4.22. The van der Waals surface area contributed by atoms with Crippen LogP contribution in [0.5, 0.6) is 0 Å². The predicted molar refractivity (Wildman–Crippen MR) is 90.4 cm³/mol. The van der Waals surface area contributed by atoms with E-state index in [2.05, 4.69) is 18.3 Å². The Kier molecular flexibility index (Phi) is 6.29. The average molecular weight is 317 g/mol. The van der Waals surface area contributed by atoms with Gasteiger partial charge < -0.3 is 5.73 Å². The first kappa shape index (κ1) is 16.9. The van der Waals surface area contributed by atoms with Crippen molar-refractivity contribution in [1.82, 2.24) is 5.32 Å². The number of carbonyl (C=O) groups is 1. The second-order valence-electron chi connectivity index (χ2n) is 5.62. The van der Waals surface area contributed by atoms with Crippen molar-refractivity contribution in [2.45, 2.75) is 49.9 Å². The lowest BCUT2D eigenvalue weighted by Crippen LogP contribution is -2.46. The molecule has 22 heavy (non-hydrogen) atoms. The first-order chi connectivity index (χ1) is 10.7. The minimum atomic E-state index is -0.490. The number of nitrogens with one attached hydrogen (secondary N) is 1. The molecule has 1 amide bonds. The van der Waals surface area contributed by atoms with Crippen LogP contribution in [0.2, 0.25) is 0 Å². The van der Waals surface area contributed by atoms with Gasteiger partial charge in [0.25, 0.3) is 0 Å². The molecule has 1 aliphatic carbocycles. The van der Waals surface area contributed by atoms with Crippen LogP contribution in [-0.2, 0) is 4.79 Å². The molecule has 0 radical (unpaired) electrons. The summed E-state index contributed by atoms with van der Waals surface area (Å²) in [7, 11) is 0. The molecule has 0 unspecified atom stereocenters. The molecule has 0 heterocycles. The van der Waals surface area contributed by atoms with E-state index < -0.39 is 6.04 Å². The van der Waals surface area contributed by atoms with E-state index in [0.29, 0.717) is 16.9 Å². The van der Waals surface area contributed by atoms with Gasteiger partial charge in [0, 0.05) is 11.3 Å². The molecule has 0 bridgehead atoms. The lowest BCUT2D eigenvalue weighted by atomic mass is 9.93. The molecule has 2 rings (SSSR count). The summed E-state index contributed by atoms with van der Waals surface area (Å²) in [5, 5.41) is 12.9. The molecular weight excluding hydrogens is 294 g/mol. The molecule has 4 nitrogen and oxygen atoms in total. The minimum absolute atomic E-state index is 0.312. The number of rotatable bonds is 6. The Morgan fingerprint density at radius 2 is 2.09 bits per heavy atom. The Balaban J connectivity index is 2.13. The first-order valence-electron chi connectivity index (χ1n) is 7.82. The largest absolute Gasteiger partial charge is 0.368 e. The van der Waals surface area contributed by atoms with Gasteiger partial charge >= 0.3 is 0 Å². The van der Waals surface area contributed by atoms with Crippen molar-refractivity contribution in [2.75, 3.05) is 5.75 Å². The number of nitrogens with two attached hydrogens (primary N) is 1. The van der Waals surface area contributed by atoms with Crippen molar-refractivity contribution in [3.05, 3.63) is 35.4 Å². The lowest BCUT2D eigenvalue weighted by Gasteiger charge is -2.34. The molecular formula is C17H23N3OS. The van der Waals surface area contributed by atoms with Crippen molar-refractivity contribution in [3.8, 4) is 6.07 Å². The van der Waals surface area contributed by atoms with Crippen LogP contribution in [0.15, 0.2) is 24.3 Å². The highest BCUT2D eigenvalue weighted by atomic mass is 32.2. The van der Waals surface area contributed by atoms with Gasteiger partial charge in [0.2, 0.25) is 5.91 Å². The number of nitriles is 1. The highest BCUT2D eigenvalue weighted by Gasteiger charge is 2.29. The van der Waals surface area contributed by atoms with E-state index in [0.717, 1.165) is 17.7 Å². The van der Waals surface area contributed by atoms with Gasteiger partial charge in [0.1, 0.15) is 6.04 Å². The smallest absolute Gasteiger partial charge is 0.239 e. The summed E-state index contributed by atoms with van der Waals surface area (Å²) in [5.41, 5.74) is 7.02. The van der Waals surface area contributed by atoms with Crippen LogP contribution in [0.3, 0.4) is 0 Å². The number of benzene rings is 1. The Morgan fingerprint density at radius 3 is 2.68 bits per heavy atom. The monoisotopic (exact) mass is 317 g/mol. The second kappa shape index (κ2) is 8.21. The number of carbonyl (C=O) groups excluding carboxylic acids is 1. The molecule has 1 aromatic rings. The van der Waals surface area contributed by atoms with Gasteiger partial charge in [-0.25, -0.2) is 0 Å². The van der Waals surface area contributed by atoms with Gasteiger partial charge in [-0.05, 0) is 36.3 Å². The first-order valence-corrected chi connectivity index (χ1v) is 8.87. The molecule has 0 spiro atoms. The number of thioether (sulfide) groups is 1. The Hall–Kier alpha value is -1.51. The van der Waals surface area contributed by atoms with E-state index in [-0.39, 0.29) is 5.91 Å². The van der Waals surface area contributed by atoms with Gasteiger partial charge in [0.05, 0.1) is 11.6 Å². The van der Waals surface area contributed by atoms with E-state index in [9.17, 15) is 4.79 Å². The molecule has 5 heteroatoms. The van der Waals surface area contributed by atoms with Crippen LogP contribution in [0.1, 0.15) is 49.8 Å². The zero-order chi connectivity index (χ0) is 15.9. The normalized spacial score (nSPS) is 22.7. The minimum Gasteiger partial charge on any atom is -0.368 e. The Labute approximate surface area is 136 Å². The topological polar surface area (TPSA) is 78.9 Å². The summed E-state index contributed by atoms with van der Waals surface area (Å²) in [6.45, 7) is 2.17. The zero-order valence-corrected chi connectivity index (χ0v) is 13.7. The van der Waals surface area contributed by atoms with Crippen LogP contribution in [0.25, 0.3) is 0 Å².